The Bertz CT molecular complexity index is 998. The second kappa shape index (κ2) is 11.0. The molecule has 0 saturated carbocycles. The summed E-state index contributed by atoms with van der Waals surface area (Å²) in [5, 5.41) is 3.15. The van der Waals surface area contributed by atoms with Crippen LogP contribution in [0.4, 0.5) is 0 Å². The number of nitrogens with one attached hydrogen (secondary N) is 2. The van der Waals surface area contributed by atoms with Crippen molar-refractivity contribution >= 4 is 35.0 Å². The van der Waals surface area contributed by atoms with Crippen molar-refractivity contribution in [2.24, 2.45) is 0 Å². The summed E-state index contributed by atoms with van der Waals surface area (Å²) in [6, 6.07) is 13.9. The highest BCUT2D eigenvalue weighted by atomic mass is 35.5. The van der Waals surface area contributed by atoms with Gasteiger partial charge in [-0.25, -0.2) is 5.48 Å². The fraction of sp³-hybridized carbons (Fsp3) is 0.304. The van der Waals surface area contributed by atoms with Crippen LogP contribution in [0.1, 0.15) is 17.5 Å². The van der Waals surface area contributed by atoms with E-state index >= 15 is 0 Å². The predicted molar refractivity (Wildman–Crippen MR) is 118 cm³/mol. The second-order valence-electron chi connectivity index (χ2n) is 7.43. The molecule has 1 aliphatic heterocycles. The van der Waals surface area contributed by atoms with Gasteiger partial charge < -0.3 is 5.32 Å². The average molecular weight is 458 g/mol. The van der Waals surface area contributed by atoms with Crippen LogP contribution in [0.2, 0.25) is 5.02 Å². The molecule has 1 heterocycles. The summed E-state index contributed by atoms with van der Waals surface area (Å²) in [6.07, 6.45) is 0.304. The van der Waals surface area contributed by atoms with Crippen molar-refractivity contribution in [3.05, 3.63) is 70.7 Å². The number of amides is 2. The molecule has 0 aromatic heterocycles. The molecule has 0 spiro atoms. The van der Waals surface area contributed by atoms with Crippen LogP contribution in [0.25, 0.3) is 0 Å². The zero-order chi connectivity index (χ0) is 23.1. The van der Waals surface area contributed by atoms with Crippen molar-refractivity contribution in [3.63, 3.8) is 0 Å². The van der Waals surface area contributed by atoms with Crippen molar-refractivity contribution in [2.45, 2.75) is 31.5 Å². The quantitative estimate of drug-likeness (QED) is 0.335. The van der Waals surface area contributed by atoms with Gasteiger partial charge in [0.05, 0.1) is 7.11 Å². The molecule has 168 valence electrons. The molecule has 2 aromatic rings. The van der Waals surface area contributed by atoms with E-state index in [1.54, 1.807) is 41.3 Å². The summed E-state index contributed by atoms with van der Waals surface area (Å²) < 4.78 is 0. The lowest BCUT2D eigenvalue weighted by molar-refractivity contribution is -0.146. The second-order valence-corrected chi connectivity index (χ2v) is 7.84. The molecular weight excluding hydrogens is 434 g/mol. The number of nitrogens with zero attached hydrogens (tertiary/aromatic N) is 1. The van der Waals surface area contributed by atoms with Crippen LogP contribution in [-0.2, 0) is 37.0 Å². The zero-order valence-corrected chi connectivity index (χ0v) is 18.3. The maximum Gasteiger partial charge on any atom is 0.313 e. The van der Waals surface area contributed by atoms with Gasteiger partial charge in [0.1, 0.15) is 12.1 Å². The predicted octanol–water partition coefficient (Wildman–Crippen LogP) is 1.46. The molecule has 32 heavy (non-hydrogen) atoms. The first-order valence-corrected chi connectivity index (χ1v) is 10.5. The van der Waals surface area contributed by atoms with Crippen molar-refractivity contribution in [3.8, 4) is 0 Å². The lowest BCUT2D eigenvalue weighted by Crippen LogP contribution is -2.54. The molecule has 1 unspecified atom stereocenters. The first-order valence-electron chi connectivity index (χ1n) is 10.1. The maximum atomic E-state index is 13.1. The van der Waals surface area contributed by atoms with Gasteiger partial charge in [-0.15, -0.1) is 0 Å². The number of halogens is 1. The fourth-order valence-electron chi connectivity index (χ4n) is 3.66. The number of carbonyl (C=O) groups excluding carboxylic acids is 4. The monoisotopic (exact) mass is 457 g/mol. The van der Waals surface area contributed by atoms with E-state index in [-0.39, 0.29) is 18.6 Å². The van der Waals surface area contributed by atoms with Crippen LogP contribution >= 0.6 is 11.6 Å². The van der Waals surface area contributed by atoms with Crippen molar-refractivity contribution in [1.29, 1.82) is 0 Å². The Hall–Kier alpha value is -3.07. The van der Waals surface area contributed by atoms with Crippen LogP contribution in [0.15, 0.2) is 54.6 Å². The molecule has 0 bridgehead atoms. The van der Waals surface area contributed by atoms with Crippen LogP contribution in [0.3, 0.4) is 0 Å². The Morgan fingerprint density at radius 2 is 1.81 bits per heavy atom. The lowest BCUT2D eigenvalue weighted by atomic mass is 10.0. The van der Waals surface area contributed by atoms with E-state index in [2.05, 4.69) is 10.2 Å². The Morgan fingerprint density at radius 1 is 1.12 bits per heavy atom. The van der Waals surface area contributed by atoms with Crippen LogP contribution in [0, 0.1) is 0 Å². The fourth-order valence-corrected chi connectivity index (χ4v) is 3.86. The molecule has 2 amide bonds. The molecule has 1 fully saturated rings. The van der Waals surface area contributed by atoms with E-state index in [0.29, 0.717) is 18.1 Å². The Labute approximate surface area is 190 Å². The van der Waals surface area contributed by atoms with Crippen molar-refractivity contribution in [2.75, 3.05) is 13.7 Å². The summed E-state index contributed by atoms with van der Waals surface area (Å²) in [5.41, 5.74) is 3.52. The first kappa shape index (κ1) is 23.6. The van der Waals surface area contributed by atoms with Gasteiger partial charge in [0.2, 0.25) is 11.7 Å². The van der Waals surface area contributed by atoms with Crippen LogP contribution < -0.4 is 10.8 Å². The average Bonchev–Trinajstić information content (AvgIpc) is 3.15. The topological polar surface area (TPSA) is 105 Å². The van der Waals surface area contributed by atoms with Gasteiger partial charge in [-0.3, -0.25) is 28.9 Å². The molecule has 1 aliphatic rings. The van der Waals surface area contributed by atoms with Crippen LogP contribution in [0.5, 0.6) is 0 Å². The molecular formula is C23H24ClN3O5. The standard InChI is InChI=1S/C23H24ClN3O5/c1-32-26-23(31)21(29)18(13-15-7-3-2-4-8-15)25-22(30)20-19(28)11-12-27(20)14-16-9-5-6-10-17(16)24/h2-10,18,20H,11-14H2,1H3,(H,25,30)(H,26,31)/t18?,20-/m1/s1. The summed E-state index contributed by atoms with van der Waals surface area (Å²) in [7, 11) is 1.21. The Balaban J connectivity index is 1.78. The number of rotatable bonds is 9. The summed E-state index contributed by atoms with van der Waals surface area (Å²) >= 11 is 6.23. The number of benzene rings is 2. The van der Waals surface area contributed by atoms with E-state index in [1.165, 1.54) is 7.11 Å². The molecule has 9 heteroatoms. The molecule has 0 aliphatic carbocycles. The molecule has 2 atom stereocenters. The van der Waals surface area contributed by atoms with E-state index in [4.69, 9.17) is 11.6 Å². The van der Waals surface area contributed by atoms with Gasteiger partial charge in [-0.2, -0.15) is 0 Å². The summed E-state index contributed by atoms with van der Waals surface area (Å²) in [6.45, 7) is 0.703. The molecule has 2 aromatic carbocycles. The number of Topliss-reactive ketones (excluding diaryl/α,β-unsaturated/α-hetero) is 2. The normalized spacial score (nSPS) is 17.1. The number of hydroxylamine groups is 1. The van der Waals surface area contributed by atoms with Crippen LogP contribution in [-0.4, -0.2) is 54.0 Å². The molecule has 0 radical (unpaired) electrons. The van der Waals surface area contributed by atoms with E-state index in [9.17, 15) is 19.2 Å². The van der Waals surface area contributed by atoms with E-state index in [0.717, 1.165) is 11.1 Å². The minimum atomic E-state index is -1.16. The van der Waals surface area contributed by atoms with Gasteiger partial charge in [0, 0.05) is 31.0 Å². The highest BCUT2D eigenvalue weighted by molar-refractivity contribution is 6.38. The molecule has 1 saturated heterocycles. The zero-order valence-electron chi connectivity index (χ0n) is 17.5. The van der Waals surface area contributed by atoms with Gasteiger partial charge in [0.15, 0.2) is 5.78 Å². The molecule has 8 nitrogen and oxygen atoms in total. The minimum absolute atomic E-state index is 0.0912. The van der Waals surface area contributed by atoms with Crippen molar-refractivity contribution in [1.82, 2.24) is 15.7 Å². The number of ketones is 2. The minimum Gasteiger partial charge on any atom is -0.344 e. The lowest BCUT2D eigenvalue weighted by Gasteiger charge is -2.25. The Morgan fingerprint density at radius 3 is 2.50 bits per heavy atom. The van der Waals surface area contributed by atoms with Gasteiger partial charge >= 0.3 is 5.91 Å². The maximum absolute atomic E-state index is 13.1. The van der Waals surface area contributed by atoms with Gasteiger partial charge in [0.25, 0.3) is 0 Å². The van der Waals surface area contributed by atoms with E-state index < -0.39 is 29.7 Å². The van der Waals surface area contributed by atoms with Gasteiger partial charge in [-0.1, -0.05) is 60.1 Å². The summed E-state index contributed by atoms with van der Waals surface area (Å²) in [4.78, 5) is 56.6. The van der Waals surface area contributed by atoms with Gasteiger partial charge in [-0.05, 0) is 17.2 Å². The van der Waals surface area contributed by atoms with Crippen molar-refractivity contribution < 1.29 is 24.0 Å². The highest BCUT2D eigenvalue weighted by Gasteiger charge is 2.40. The number of likely N-dealkylation sites (tertiary alicyclic amines) is 1. The SMILES string of the molecule is CONC(=O)C(=O)C(Cc1ccccc1)NC(=O)[C@H]1C(=O)CCN1Cc1ccccc1Cl. The largest absolute Gasteiger partial charge is 0.344 e. The third-order valence-electron chi connectivity index (χ3n) is 5.23. The smallest absolute Gasteiger partial charge is 0.313 e. The number of hydrogen-bond acceptors (Lipinski definition) is 6. The summed E-state index contributed by atoms with van der Waals surface area (Å²) in [5.74, 6) is -2.73. The molecule has 2 N–H and O–H groups in total. The first-order chi connectivity index (χ1) is 15.4. The number of hydrogen-bond donors (Lipinski definition) is 2. The number of carbonyl (C=O) groups is 4. The third kappa shape index (κ3) is 5.79. The Kier molecular flexibility index (Phi) is 8.10. The molecule has 3 rings (SSSR count). The van der Waals surface area contributed by atoms with E-state index in [1.807, 2.05) is 23.7 Å². The highest BCUT2D eigenvalue weighted by Crippen LogP contribution is 2.22. The third-order valence-corrected chi connectivity index (χ3v) is 5.60.